The molecule has 0 saturated carbocycles. The molecule has 0 unspecified atom stereocenters. The van der Waals surface area contributed by atoms with Gasteiger partial charge in [0.05, 0.1) is 12.7 Å². The number of nitrogens with zero attached hydrogens (tertiary/aromatic N) is 1. The van der Waals surface area contributed by atoms with Crippen molar-refractivity contribution in [3.05, 3.63) is 100 Å². The number of anilines is 1. The number of benzene rings is 3. The number of ether oxygens (including phenoxy) is 1. The van der Waals surface area contributed by atoms with Gasteiger partial charge in [-0.15, -0.1) is 0 Å². The minimum atomic E-state index is -0.255. The van der Waals surface area contributed by atoms with Crippen LogP contribution in [0.3, 0.4) is 0 Å². The van der Waals surface area contributed by atoms with Crippen molar-refractivity contribution >= 4 is 22.4 Å². The molecule has 4 aromatic rings. The summed E-state index contributed by atoms with van der Waals surface area (Å²) in [6.45, 7) is 2.05. The topological polar surface area (TPSA) is 60.3 Å². The first kappa shape index (κ1) is 19.5. The number of nitrogens with one attached hydrogen (secondary N) is 1. The molecule has 30 heavy (non-hydrogen) atoms. The molecule has 0 aliphatic rings. The molecule has 0 atom stereocenters. The quantitative estimate of drug-likeness (QED) is 0.525. The van der Waals surface area contributed by atoms with Crippen molar-refractivity contribution in [3.8, 4) is 11.4 Å². The molecule has 0 aliphatic carbocycles. The van der Waals surface area contributed by atoms with E-state index in [0.29, 0.717) is 27.8 Å². The van der Waals surface area contributed by atoms with Gasteiger partial charge in [0.1, 0.15) is 5.75 Å². The number of rotatable bonds is 5. The van der Waals surface area contributed by atoms with E-state index < -0.39 is 0 Å². The number of methoxy groups -OCH3 is 1. The van der Waals surface area contributed by atoms with Crippen LogP contribution in [-0.2, 0) is 6.42 Å². The third-order valence-electron chi connectivity index (χ3n) is 5.17. The van der Waals surface area contributed by atoms with Crippen LogP contribution in [0, 0.1) is 0 Å². The molecule has 5 nitrogen and oxygen atoms in total. The van der Waals surface area contributed by atoms with Gasteiger partial charge in [0.2, 0.25) is 0 Å². The van der Waals surface area contributed by atoms with Gasteiger partial charge in [0, 0.05) is 28.3 Å². The Balaban J connectivity index is 1.85. The average molecular weight is 398 g/mol. The van der Waals surface area contributed by atoms with Gasteiger partial charge in [-0.05, 0) is 48.4 Å². The van der Waals surface area contributed by atoms with E-state index in [1.54, 1.807) is 55.8 Å². The number of pyridine rings is 1. The van der Waals surface area contributed by atoms with E-state index in [1.165, 1.54) is 4.57 Å². The number of hydrogen-bond acceptors (Lipinski definition) is 3. The lowest BCUT2D eigenvalue weighted by atomic mass is 10.1. The summed E-state index contributed by atoms with van der Waals surface area (Å²) in [6.07, 6.45) is 2.42. The summed E-state index contributed by atoms with van der Waals surface area (Å²) >= 11 is 0. The Kier molecular flexibility index (Phi) is 5.35. The second-order valence-corrected chi connectivity index (χ2v) is 6.93. The average Bonchev–Trinajstić information content (AvgIpc) is 2.80. The zero-order chi connectivity index (χ0) is 21.1. The first-order chi connectivity index (χ1) is 14.6. The smallest absolute Gasteiger partial charge is 0.262 e. The molecule has 150 valence electrons. The third-order valence-corrected chi connectivity index (χ3v) is 5.17. The molecule has 5 heteroatoms. The number of carbonyl (C=O) groups excluding carboxylic acids is 1. The van der Waals surface area contributed by atoms with Crippen molar-refractivity contribution in [1.82, 2.24) is 4.57 Å². The molecule has 3 aromatic carbocycles. The van der Waals surface area contributed by atoms with Crippen molar-refractivity contribution in [2.75, 3.05) is 12.4 Å². The van der Waals surface area contributed by atoms with Gasteiger partial charge < -0.3 is 10.1 Å². The van der Waals surface area contributed by atoms with Gasteiger partial charge in [0.25, 0.3) is 11.5 Å². The minimum Gasteiger partial charge on any atom is -0.497 e. The van der Waals surface area contributed by atoms with Gasteiger partial charge >= 0.3 is 0 Å². The first-order valence-corrected chi connectivity index (χ1v) is 9.80. The fourth-order valence-electron chi connectivity index (χ4n) is 3.55. The molecule has 0 saturated heterocycles. The number of hydrogen-bond donors (Lipinski definition) is 1. The highest BCUT2D eigenvalue weighted by atomic mass is 16.5. The summed E-state index contributed by atoms with van der Waals surface area (Å²) in [5.74, 6) is 0.441. The van der Waals surface area contributed by atoms with Crippen LogP contribution in [0.1, 0.15) is 22.8 Å². The van der Waals surface area contributed by atoms with Crippen molar-refractivity contribution in [2.24, 2.45) is 0 Å². The summed E-state index contributed by atoms with van der Waals surface area (Å²) in [4.78, 5) is 26.4. The molecule has 0 aliphatic heterocycles. The van der Waals surface area contributed by atoms with Crippen LogP contribution < -0.4 is 15.6 Å². The van der Waals surface area contributed by atoms with E-state index in [9.17, 15) is 9.59 Å². The van der Waals surface area contributed by atoms with Crippen LogP contribution in [0.15, 0.2) is 83.8 Å². The van der Waals surface area contributed by atoms with Crippen LogP contribution in [0.2, 0.25) is 0 Å². The fourth-order valence-corrected chi connectivity index (χ4v) is 3.55. The van der Waals surface area contributed by atoms with Gasteiger partial charge in [-0.3, -0.25) is 14.2 Å². The highest BCUT2D eigenvalue weighted by molar-refractivity contribution is 6.12. The summed E-state index contributed by atoms with van der Waals surface area (Å²) in [6, 6.07) is 22.1. The molecular formula is C25H22N2O3. The molecule has 0 bridgehead atoms. The maximum atomic E-state index is 13.2. The van der Waals surface area contributed by atoms with Crippen molar-refractivity contribution in [2.45, 2.75) is 13.3 Å². The minimum absolute atomic E-state index is 0.179. The normalized spacial score (nSPS) is 10.7. The maximum absolute atomic E-state index is 13.2. The SMILES string of the molecule is CCc1ccccc1NC(=O)c1cn(-c2ccc(OC)cc2)c(=O)c2ccccc12. The van der Waals surface area contributed by atoms with Crippen molar-refractivity contribution in [3.63, 3.8) is 0 Å². The van der Waals surface area contributed by atoms with Crippen LogP contribution in [-0.4, -0.2) is 17.6 Å². The third kappa shape index (κ3) is 3.57. The predicted octanol–water partition coefficient (Wildman–Crippen LogP) is 4.81. The Morgan fingerprint density at radius 3 is 2.30 bits per heavy atom. The summed E-state index contributed by atoms with van der Waals surface area (Å²) in [5, 5.41) is 4.13. The van der Waals surface area contributed by atoms with Crippen LogP contribution in [0.5, 0.6) is 5.75 Å². The molecule has 1 amide bonds. The molecule has 1 N–H and O–H groups in total. The van der Waals surface area contributed by atoms with E-state index in [4.69, 9.17) is 4.74 Å². The van der Waals surface area contributed by atoms with E-state index >= 15 is 0 Å². The van der Waals surface area contributed by atoms with Crippen molar-refractivity contribution in [1.29, 1.82) is 0 Å². The number of aromatic nitrogens is 1. The van der Waals surface area contributed by atoms with Gasteiger partial charge in [-0.1, -0.05) is 43.3 Å². The number of carbonyl (C=O) groups is 1. The number of amides is 1. The molecular weight excluding hydrogens is 376 g/mol. The predicted molar refractivity (Wildman–Crippen MR) is 120 cm³/mol. The van der Waals surface area contributed by atoms with E-state index in [-0.39, 0.29) is 11.5 Å². The Morgan fingerprint density at radius 2 is 1.60 bits per heavy atom. The molecule has 1 heterocycles. The van der Waals surface area contributed by atoms with Crippen LogP contribution >= 0.6 is 0 Å². The lowest BCUT2D eigenvalue weighted by Gasteiger charge is -2.14. The van der Waals surface area contributed by atoms with Crippen molar-refractivity contribution < 1.29 is 9.53 Å². The lowest BCUT2D eigenvalue weighted by Crippen LogP contribution is -2.23. The molecule has 0 spiro atoms. The Bertz CT molecular complexity index is 1270. The Labute approximate surface area is 174 Å². The fraction of sp³-hybridized carbons (Fsp3) is 0.120. The van der Waals surface area contributed by atoms with Gasteiger partial charge in [-0.25, -0.2) is 0 Å². The summed E-state index contributed by atoms with van der Waals surface area (Å²) in [5.41, 5.74) is 2.75. The first-order valence-electron chi connectivity index (χ1n) is 9.80. The van der Waals surface area contributed by atoms with Gasteiger partial charge in [-0.2, -0.15) is 0 Å². The number of aryl methyl sites for hydroxylation is 1. The lowest BCUT2D eigenvalue weighted by molar-refractivity contribution is 0.102. The maximum Gasteiger partial charge on any atom is 0.262 e. The van der Waals surface area contributed by atoms with E-state index in [0.717, 1.165) is 17.7 Å². The van der Waals surface area contributed by atoms with E-state index in [1.807, 2.05) is 37.3 Å². The van der Waals surface area contributed by atoms with E-state index in [2.05, 4.69) is 5.32 Å². The molecule has 4 rings (SSSR count). The Morgan fingerprint density at radius 1 is 0.933 bits per heavy atom. The summed E-state index contributed by atoms with van der Waals surface area (Å²) in [7, 11) is 1.59. The summed E-state index contributed by atoms with van der Waals surface area (Å²) < 4.78 is 6.71. The van der Waals surface area contributed by atoms with Crippen LogP contribution in [0.4, 0.5) is 5.69 Å². The monoisotopic (exact) mass is 398 g/mol. The van der Waals surface area contributed by atoms with Gasteiger partial charge in [0.15, 0.2) is 0 Å². The zero-order valence-corrected chi connectivity index (χ0v) is 16.9. The molecule has 0 radical (unpaired) electrons. The number of para-hydroxylation sites is 1. The Hall–Kier alpha value is -3.86. The molecule has 0 fully saturated rings. The highest BCUT2D eigenvalue weighted by Gasteiger charge is 2.16. The van der Waals surface area contributed by atoms with Crippen LogP contribution in [0.25, 0.3) is 16.5 Å². The number of fused-ring (bicyclic) bond motifs is 1. The molecule has 1 aromatic heterocycles. The standard InChI is InChI=1S/C25H22N2O3/c1-3-17-8-4-7-11-23(17)26-24(28)22-16-27(18-12-14-19(30-2)15-13-18)25(29)21-10-6-5-9-20(21)22/h4-16H,3H2,1-2H3,(H,26,28). The zero-order valence-electron chi connectivity index (χ0n) is 16.9. The second-order valence-electron chi connectivity index (χ2n) is 6.93. The second kappa shape index (κ2) is 8.25. The highest BCUT2D eigenvalue weighted by Crippen LogP contribution is 2.22. The largest absolute Gasteiger partial charge is 0.497 e.